The molecule has 1 aliphatic carbocycles. The third kappa shape index (κ3) is 7.32. The van der Waals surface area contributed by atoms with E-state index in [1.165, 1.54) is 23.9 Å². The molecule has 1 aliphatic rings. The maximum Gasteiger partial charge on any atom is 0.269 e. The molecule has 1 atom stereocenters. The van der Waals surface area contributed by atoms with Crippen molar-refractivity contribution >= 4 is 29.3 Å². The Morgan fingerprint density at radius 3 is 2.47 bits per heavy atom. The zero-order valence-corrected chi connectivity index (χ0v) is 20.7. The zero-order valence-electron chi connectivity index (χ0n) is 19.9. The van der Waals surface area contributed by atoms with Crippen LogP contribution in [0.15, 0.2) is 48.5 Å². The number of nitro benzene ring substituents is 1. The van der Waals surface area contributed by atoms with E-state index in [9.17, 15) is 19.7 Å². The summed E-state index contributed by atoms with van der Waals surface area (Å²) in [5.74, 6) is 0.640. The van der Waals surface area contributed by atoms with E-state index in [-0.39, 0.29) is 29.3 Å². The van der Waals surface area contributed by atoms with Crippen molar-refractivity contribution in [3.63, 3.8) is 0 Å². The highest BCUT2D eigenvalue weighted by atomic mass is 32.2. The highest BCUT2D eigenvalue weighted by Gasteiger charge is 2.30. The second-order valence-corrected chi connectivity index (χ2v) is 9.83. The molecule has 1 N–H and O–H groups in total. The molecule has 7 nitrogen and oxygen atoms in total. The van der Waals surface area contributed by atoms with Crippen molar-refractivity contribution in [2.24, 2.45) is 0 Å². The molecule has 0 heterocycles. The van der Waals surface area contributed by atoms with Gasteiger partial charge in [0.15, 0.2) is 0 Å². The van der Waals surface area contributed by atoms with Crippen LogP contribution in [0.4, 0.5) is 5.69 Å². The molecule has 2 aromatic rings. The first-order valence-electron chi connectivity index (χ1n) is 11.8. The number of nitrogens with zero attached hydrogens (tertiary/aromatic N) is 2. The molecule has 182 valence electrons. The Morgan fingerprint density at radius 1 is 1.15 bits per heavy atom. The van der Waals surface area contributed by atoms with Crippen LogP contribution in [0.2, 0.25) is 0 Å². The zero-order chi connectivity index (χ0) is 24.5. The van der Waals surface area contributed by atoms with Crippen LogP contribution in [0.1, 0.15) is 55.7 Å². The van der Waals surface area contributed by atoms with Gasteiger partial charge in [-0.25, -0.2) is 0 Å². The predicted molar refractivity (Wildman–Crippen MR) is 135 cm³/mol. The van der Waals surface area contributed by atoms with E-state index in [1.807, 2.05) is 38.1 Å². The summed E-state index contributed by atoms with van der Waals surface area (Å²) in [4.78, 5) is 38.6. The van der Waals surface area contributed by atoms with Gasteiger partial charge in [0.25, 0.3) is 5.69 Å². The normalized spacial score (nSPS) is 14.5. The van der Waals surface area contributed by atoms with Gasteiger partial charge in [0.05, 0.1) is 10.7 Å². The standard InChI is InChI=1S/C26H33N3O4S/c1-3-24(26(31)27-22-9-4-5-10-22)28(16-21-8-6-7-19(2)15-21)25(30)18-34-17-20-11-13-23(14-12-20)29(32)33/h6-8,11-15,22,24H,3-5,9-10,16-18H2,1-2H3,(H,27,31)/t24-/m0/s1. The molecule has 8 heteroatoms. The van der Waals surface area contributed by atoms with Crippen LogP contribution in [0.25, 0.3) is 0 Å². The minimum Gasteiger partial charge on any atom is -0.352 e. The van der Waals surface area contributed by atoms with Gasteiger partial charge in [-0.3, -0.25) is 19.7 Å². The second kappa shape index (κ2) is 12.6. The SMILES string of the molecule is CC[C@@H](C(=O)NC1CCCC1)N(Cc1cccc(C)c1)C(=O)CSCc1ccc([N+](=O)[O-])cc1. The molecule has 0 spiro atoms. The summed E-state index contributed by atoms with van der Waals surface area (Å²) in [5.41, 5.74) is 3.08. The number of aryl methyl sites for hydroxylation is 1. The lowest BCUT2D eigenvalue weighted by Crippen LogP contribution is -2.51. The molecule has 0 unspecified atom stereocenters. The number of amides is 2. The topological polar surface area (TPSA) is 92.6 Å². The molecule has 1 fully saturated rings. The Labute approximate surface area is 205 Å². The number of thioether (sulfide) groups is 1. The lowest BCUT2D eigenvalue weighted by molar-refractivity contribution is -0.384. The Balaban J connectivity index is 1.68. The van der Waals surface area contributed by atoms with Crippen LogP contribution in [-0.2, 0) is 21.9 Å². The molecule has 2 amide bonds. The van der Waals surface area contributed by atoms with Gasteiger partial charge in [0, 0.05) is 30.5 Å². The second-order valence-electron chi connectivity index (χ2n) is 8.84. The third-order valence-electron chi connectivity index (χ3n) is 6.16. The number of hydrogen-bond donors (Lipinski definition) is 1. The fourth-order valence-electron chi connectivity index (χ4n) is 4.35. The summed E-state index contributed by atoms with van der Waals surface area (Å²) in [5, 5.41) is 14.0. The number of nitrogens with one attached hydrogen (secondary N) is 1. The van der Waals surface area contributed by atoms with Gasteiger partial charge < -0.3 is 10.2 Å². The number of nitro groups is 1. The largest absolute Gasteiger partial charge is 0.352 e. The van der Waals surface area contributed by atoms with E-state index in [2.05, 4.69) is 5.32 Å². The van der Waals surface area contributed by atoms with Gasteiger partial charge in [0.1, 0.15) is 6.04 Å². The summed E-state index contributed by atoms with van der Waals surface area (Å²) in [7, 11) is 0. The summed E-state index contributed by atoms with van der Waals surface area (Å²) < 4.78 is 0. The van der Waals surface area contributed by atoms with Gasteiger partial charge in [-0.15, -0.1) is 11.8 Å². The number of hydrogen-bond acceptors (Lipinski definition) is 5. The lowest BCUT2D eigenvalue weighted by Gasteiger charge is -2.31. The van der Waals surface area contributed by atoms with Crippen LogP contribution in [0, 0.1) is 17.0 Å². The van der Waals surface area contributed by atoms with E-state index in [0.717, 1.165) is 42.4 Å². The molecule has 3 rings (SSSR count). The minimum absolute atomic E-state index is 0.0493. The van der Waals surface area contributed by atoms with E-state index in [1.54, 1.807) is 17.0 Å². The number of carbonyl (C=O) groups excluding carboxylic acids is 2. The first-order valence-corrected chi connectivity index (χ1v) is 13.0. The molecule has 0 saturated heterocycles. The van der Waals surface area contributed by atoms with Gasteiger partial charge in [-0.05, 0) is 37.3 Å². The monoisotopic (exact) mass is 483 g/mol. The van der Waals surface area contributed by atoms with Crippen molar-refractivity contribution in [2.45, 2.75) is 70.3 Å². The molecule has 0 aliphatic heterocycles. The van der Waals surface area contributed by atoms with Crippen LogP contribution in [0.5, 0.6) is 0 Å². The van der Waals surface area contributed by atoms with E-state index < -0.39 is 11.0 Å². The summed E-state index contributed by atoms with van der Waals surface area (Å²) in [6.07, 6.45) is 4.81. The molecule has 2 aromatic carbocycles. The van der Waals surface area contributed by atoms with Crippen molar-refractivity contribution in [2.75, 3.05) is 5.75 Å². The van der Waals surface area contributed by atoms with E-state index in [0.29, 0.717) is 18.7 Å². The minimum atomic E-state index is -0.520. The number of rotatable bonds is 11. The van der Waals surface area contributed by atoms with Gasteiger partial charge >= 0.3 is 0 Å². The van der Waals surface area contributed by atoms with Crippen molar-refractivity contribution in [3.05, 3.63) is 75.3 Å². The van der Waals surface area contributed by atoms with E-state index >= 15 is 0 Å². The maximum atomic E-state index is 13.3. The van der Waals surface area contributed by atoms with Crippen LogP contribution in [0.3, 0.4) is 0 Å². The molecule has 0 aromatic heterocycles. The first-order chi connectivity index (χ1) is 16.4. The average molecular weight is 484 g/mol. The number of non-ortho nitro benzene ring substituents is 1. The third-order valence-corrected chi connectivity index (χ3v) is 7.15. The lowest BCUT2D eigenvalue weighted by atomic mass is 10.1. The Bertz CT molecular complexity index is 990. The number of carbonyl (C=O) groups is 2. The highest BCUT2D eigenvalue weighted by molar-refractivity contribution is 7.99. The molecule has 0 radical (unpaired) electrons. The summed E-state index contributed by atoms with van der Waals surface area (Å²) in [6.45, 7) is 4.34. The maximum absolute atomic E-state index is 13.3. The van der Waals surface area contributed by atoms with Crippen molar-refractivity contribution in [1.29, 1.82) is 0 Å². The predicted octanol–water partition coefficient (Wildman–Crippen LogP) is 5.00. The van der Waals surface area contributed by atoms with Crippen molar-refractivity contribution in [3.8, 4) is 0 Å². The highest BCUT2D eigenvalue weighted by Crippen LogP contribution is 2.21. The van der Waals surface area contributed by atoms with Crippen LogP contribution >= 0.6 is 11.8 Å². The first kappa shape index (κ1) is 25.7. The molecular weight excluding hydrogens is 450 g/mol. The van der Waals surface area contributed by atoms with Crippen molar-refractivity contribution < 1.29 is 14.5 Å². The fraction of sp³-hybridized carbons (Fsp3) is 0.462. The average Bonchev–Trinajstić information content (AvgIpc) is 3.32. The molecule has 0 bridgehead atoms. The fourth-order valence-corrected chi connectivity index (χ4v) is 5.22. The smallest absolute Gasteiger partial charge is 0.269 e. The van der Waals surface area contributed by atoms with E-state index in [4.69, 9.17) is 0 Å². The summed E-state index contributed by atoms with van der Waals surface area (Å²) in [6, 6.07) is 14.1. The van der Waals surface area contributed by atoms with Crippen LogP contribution < -0.4 is 5.32 Å². The Hall–Kier alpha value is -2.87. The van der Waals surface area contributed by atoms with Crippen molar-refractivity contribution in [1.82, 2.24) is 10.2 Å². The number of benzene rings is 2. The quantitative estimate of drug-likeness (QED) is 0.359. The molecule has 34 heavy (non-hydrogen) atoms. The van der Waals surface area contributed by atoms with Crippen LogP contribution in [-0.4, -0.2) is 39.5 Å². The Kier molecular flexibility index (Phi) is 9.51. The van der Waals surface area contributed by atoms with Gasteiger partial charge in [0.2, 0.25) is 11.8 Å². The molecular formula is C26H33N3O4S. The van der Waals surface area contributed by atoms with Gasteiger partial charge in [-0.2, -0.15) is 0 Å². The molecule has 1 saturated carbocycles. The van der Waals surface area contributed by atoms with Gasteiger partial charge in [-0.1, -0.05) is 61.7 Å². The Morgan fingerprint density at radius 2 is 1.85 bits per heavy atom. The summed E-state index contributed by atoms with van der Waals surface area (Å²) >= 11 is 1.45.